The molecular formula is C20H42N2O8P2. The highest BCUT2D eigenvalue weighted by Gasteiger charge is 2.29. The van der Waals surface area contributed by atoms with Crippen molar-refractivity contribution >= 4 is 15.2 Å². The maximum atomic E-state index is 11.0. The molecule has 190 valence electrons. The van der Waals surface area contributed by atoms with Gasteiger partial charge in [-0.25, -0.2) is 0 Å². The lowest BCUT2D eigenvalue weighted by Gasteiger charge is -2.10. The second-order valence-electron chi connectivity index (χ2n) is 8.58. The lowest BCUT2D eigenvalue weighted by Crippen LogP contribution is -2.04. The molecule has 0 bridgehead atoms. The second kappa shape index (κ2) is 18.9. The summed E-state index contributed by atoms with van der Waals surface area (Å²) in [6.07, 6.45) is 17.1. The van der Waals surface area contributed by atoms with Gasteiger partial charge in [-0.2, -0.15) is 0 Å². The Morgan fingerprint density at radius 2 is 0.625 bits per heavy atom. The standard InChI is InChI=1S/C20H42N2O8P2/c23-21-19(31(25,26)27)17-15-13-11-9-7-5-3-1-2-4-6-8-10-12-14-16-18-20(22-24)32(28,29)30/h19-20H,1-18H2,(H2,25,26,27)(H2,28,29,30). The zero-order chi connectivity index (χ0) is 24.3. The Morgan fingerprint density at radius 3 is 0.781 bits per heavy atom. The zero-order valence-corrected chi connectivity index (χ0v) is 20.9. The number of unbranched alkanes of at least 4 members (excludes halogenated alkanes) is 15. The number of nitroso groups, excluding NO2 is 2. The minimum absolute atomic E-state index is 0.155. The first-order chi connectivity index (χ1) is 15.1. The van der Waals surface area contributed by atoms with Crippen LogP contribution in [0.2, 0.25) is 0 Å². The molecule has 0 rings (SSSR count). The molecule has 4 N–H and O–H groups in total. The molecule has 10 nitrogen and oxygen atoms in total. The Kier molecular flexibility index (Phi) is 18.6. The fourth-order valence-electron chi connectivity index (χ4n) is 3.69. The number of nitrogens with zero attached hydrogens (tertiary/aromatic N) is 2. The highest BCUT2D eigenvalue weighted by atomic mass is 31.2. The van der Waals surface area contributed by atoms with Gasteiger partial charge in [-0.05, 0) is 12.8 Å². The average Bonchev–Trinajstić information content (AvgIpc) is 2.70. The summed E-state index contributed by atoms with van der Waals surface area (Å²) in [5, 5.41) is 5.07. The predicted molar refractivity (Wildman–Crippen MR) is 126 cm³/mol. The van der Waals surface area contributed by atoms with E-state index in [9.17, 15) is 18.9 Å². The van der Waals surface area contributed by atoms with Gasteiger partial charge in [-0.15, -0.1) is 9.81 Å². The molecule has 0 aromatic heterocycles. The first-order valence-electron chi connectivity index (χ1n) is 11.9. The van der Waals surface area contributed by atoms with E-state index in [1.54, 1.807) is 0 Å². The van der Waals surface area contributed by atoms with E-state index in [1.165, 1.54) is 38.5 Å². The van der Waals surface area contributed by atoms with Crippen LogP contribution in [0.5, 0.6) is 0 Å². The lowest BCUT2D eigenvalue weighted by atomic mass is 10.0. The maximum absolute atomic E-state index is 11.0. The maximum Gasteiger partial charge on any atom is 0.353 e. The molecule has 0 fully saturated rings. The Labute approximate surface area is 191 Å². The van der Waals surface area contributed by atoms with Crippen molar-refractivity contribution in [3.05, 3.63) is 9.81 Å². The Balaban J connectivity index is 3.33. The third kappa shape index (κ3) is 18.0. The third-order valence-electron chi connectivity index (χ3n) is 5.69. The van der Waals surface area contributed by atoms with Gasteiger partial charge in [0.25, 0.3) is 0 Å². The summed E-state index contributed by atoms with van der Waals surface area (Å²) in [6.45, 7) is 0. The molecular weight excluding hydrogens is 458 g/mol. The largest absolute Gasteiger partial charge is 0.353 e. The van der Waals surface area contributed by atoms with Crippen LogP contribution in [0.15, 0.2) is 10.4 Å². The van der Waals surface area contributed by atoms with Crippen LogP contribution >= 0.6 is 15.2 Å². The summed E-state index contributed by atoms with van der Waals surface area (Å²) in [5.74, 6) is -2.78. The minimum Gasteiger partial charge on any atom is -0.323 e. The van der Waals surface area contributed by atoms with Gasteiger partial charge in [0.1, 0.15) is 0 Å². The summed E-state index contributed by atoms with van der Waals surface area (Å²) in [5.41, 5.74) is 0. The van der Waals surface area contributed by atoms with Gasteiger partial charge >= 0.3 is 15.2 Å². The van der Waals surface area contributed by atoms with Crippen molar-refractivity contribution in [3.63, 3.8) is 0 Å². The molecule has 0 amide bonds. The van der Waals surface area contributed by atoms with E-state index in [4.69, 9.17) is 19.6 Å². The van der Waals surface area contributed by atoms with Crippen LogP contribution in [-0.2, 0) is 9.13 Å². The molecule has 0 heterocycles. The van der Waals surface area contributed by atoms with E-state index < -0.39 is 26.8 Å². The lowest BCUT2D eigenvalue weighted by molar-refractivity contribution is 0.351. The Hall–Kier alpha value is -0.500. The van der Waals surface area contributed by atoms with Crippen molar-refractivity contribution in [1.82, 2.24) is 0 Å². The van der Waals surface area contributed by atoms with Crippen LogP contribution in [0.1, 0.15) is 116 Å². The van der Waals surface area contributed by atoms with Gasteiger partial charge in [-0.1, -0.05) is 113 Å². The Morgan fingerprint density at radius 1 is 0.438 bits per heavy atom. The zero-order valence-electron chi connectivity index (χ0n) is 19.1. The average molecular weight is 501 g/mol. The third-order valence-corrected chi connectivity index (χ3v) is 7.95. The highest BCUT2D eigenvalue weighted by Crippen LogP contribution is 2.45. The van der Waals surface area contributed by atoms with E-state index >= 15 is 0 Å². The fourth-order valence-corrected chi connectivity index (χ4v) is 4.98. The molecule has 0 aliphatic heterocycles. The topological polar surface area (TPSA) is 174 Å². The second-order valence-corrected chi connectivity index (χ2v) is 12.1. The summed E-state index contributed by atoms with van der Waals surface area (Å²) in [4.78, 5) is 56.6. The summed E-state index contributed by atoms with van der Waals surface area (Å²) in [6, 6.07) is 0. The molecule has 12 heteroatoms. The van der Waals surface area contributed by atoms with Gasteiger partial charge in [0.2, 0.25) is 0 Å². The normalized spacial score (nSPS) is 14.2. The quantitative estimate of drug-likeness (QED) is 0.0694. The SMILES string of the molecule is O=NC(CCCCCCCCCCCCCCCCCCC(N=O)P(=O)(O)O)P(=O)(O)O. The van der Waals surface area contributed by atoms with Gasteiger partial charge < -0.3 is 19.6 Å². The van der Waals surface area contributed by atoms with Gasteiger partial charge in [0.05, 0.1) is 0 Å². The highest BCUT2D eigenvalue weighted by molar-refractivity contribution is 7.52. The van der Waals surface area contributed by atoms with Crippen LogP contribution < -0.4 is 0 Å². The number of hydrogen-bond donors (Lipinski definition) is 4. The van der Waals surface area contributed by atoms with Crippen molar-refractivity contribution in [1.29, 1.82) is 0 Å². The molecule has 0 aromatic rings. The van der Waals surface area contributed by atoms with Crippen molar-refractivity contribution < 1.29 is 28.7 Å². The van der Waals surface area contributed by atoms with Crippen molar-refractivity contribution in [3.8, 4) is 0 Å². The van der Waals surface area contributed by atoms with E-state index in [1.807, 2.05) is 0 Å². The number of hydrogen-bond acceptors (Lipinski definition) is 6. The first kappa shape index (κ1) is 31.5. The van der Waals surface area contributed by atoms with E-state index in [-0.39, 0.29) is 12.8 Å². The van der Waals surface area contributed by atoms with Gasteiger partial charge in [0, 0.05) is 0 Å². The van der Waals surface area contributed by atoms with Gasteiger partial charge in [-0.3, -0.25) is 9.13 Å². The molecule has 2 unspecified atom stereocenters. The Bertz CT molecular complexity index is 532. The molecule has 0 radical (unpaired) electrons. The first-order valence-corrected chi connectivity index (χ1v) is 15.2. The van der Waals surface area contributed by atoms with Crippen LogP contribution in [-0.4, -0.2) is 31.1 Å². The summed E-state index contributed by atoms with van der Waals surface area (Å²) in [7, 11) is -8.78. The molecule has 0 aromatic carbocycles. The molecule has 32 heavy (non-hydrogen) atoms. The summed E-state index contributed by atoms with van der Waals surface area (Å²) < 4.78 is 22.0. The van der Waals surface area contributed by atoms with Crippen LogP contribution in [0.3, 0.4) is 0 Å². The monoisotopic (exact) mass is 500 g/mol. The molecule has 0 spiro atoms. The molecule has 0 aliphatic rings. The summed E-state index contributed by atoms with van der Waals surface area (Å²) >= 11 is 0. The molecule has 0 saturated heterocycles. The van der Waals surface area contributed by atoms with Crippen LogP contribution in [0.4, 0.5) is 0 Å². The van der Waals surface area contributed by atoms with E-state index in [0.717, 1.165) is 51.4 Å². The van der Waals surface area contributed by atoms with Crippen LogP contribution in [0.25, 0.3) is 0 Å². The molecule has 2 atom stereocenters. The van der Waals surface area contributed by atoms with Crippen molar-refractivity contribution in [2.75, 3.05) is 0 Å². The minimum atomic E-state index is -4.39. The fraction of sp³-hybridized carbons (Fsp3) is 1.00. The van der Waals surface area contributed by atoms with Gasteiger partial charge in [0.15, 0.2) is 11.6 Å². The van der Waals surface area contributed by atoms with Crippen molar-refractivity contribution in [2.24, 2.45) is 10.4 Å². The van der Waals surface area contributed by atoms with Crippen LogP contribution in [0, 0.1) is 9.81 Å². The molecule has 0 saturated carbocycles. The van der Waals surface area contributed by atoms with E-state index in [0.29, 0.717) is 12.8 Å². The smallest absolute Gasteiger partial charge is 0.323 e. The predicted octanol–water partition coefficient (Wildman–Crippen LogP) is 6.55. The molecule has 0 aliphatic carbocycles. The van der Waals surface area contributed by atoms with Crippen molar-refractivity contribution in [2.45, 2.75) is 127 Å². The van der Waals surface area contributed by atoms with E-state index in [2.05, 4.69) is 10.4 Å². The number of rotatable bonds is 23.